The summed E-state index contributed by atoms with van der Waals surface area (Å²) in [5.41, 5.74) is 0.583. The number of nitrogens with one attached hydrogen (secondary N) is 2. The Morgan fingerprint density at radius 1 is 1.00 bits per heavy atom. The number of imidazole rings is 1. The number of aromatic nitrogens is 5. The molecule has 5 aromatic rings. The molecule has 0 radical (unpaired) electrons. The first-order chi connectivity index (χ1) is 15.4. The summed E-state index contributed by atoms with van der Waals surface area (Å²) in [5, 5.41) is 3.72. The van der Waals surface area contributed by atoms with Crippen LogP contribution in [-0.4, -0.2) is 24.5 Å². The van der Waals surface area contributed by atoms with Crippen molar-refractivity contribution in [1.82, 2.24) is 24.5 Å². The van der Waals surface area contributed by atoms with E-state index < -0.39 is 29.1 Å². The molecule has 3 heterocycles. The van der Waals surface area contributed by atoms with E-state index in [0.29, 0.717) is 34.1 Å². The van der Waals surface area contributed by atoms with Crippen molar-refractivity contribution in [2.24, 2.45) is 0 Å². The van der Waals surface area contributed by atoms with E-state index >= 15 is 0 Å². The van der Waals surface area contributed by atoms with Gasteiger partial charge in [-0.3, -0.25) is 9.36 Å². The van der Waals surface area contributed by atoms with E-state index in [4.69, 9.17) is 0 Å². The molecule has 0 fully saturated rings. The first kappa shape index (κ1) is 19.7. The number of H-pyrrole nitrogens is 1. The molecule has 5 rings (SSSR count). The summed E-state index contributed by atoms with van der Waals surface area (Å²) in [7, 11) is 0. The lowest BCUT2D eigenvalue weighted by molar-refractivity contribution is 0.574. The maximum Gasteiger partial charge on any atom is 0.263 e. The lowest BCUT2D eigenvalue weighted by Crippen LogP contribution is -2.26. The molecule has 3 aromatic heterocycles. The largest absolute Gasteiger partial charge is 0.360 e. The van der Waals surface area contributed by atoms with Gasteiger partial charge >= 0.3 is 0 Å². The topological polar surface area (TPSA) is 88.5 Å². The normalized spacial score (nSPS) is 12.4. The van der Waals surface area contributed by atoms with Crippen molar-refractivity contribution >= 4 is 27.8 Å². The van der Waals surface area contributed by atoms with E-state index in [-0.39, 0.29) is 11.1 Å². The fraction of sp³-hybridized carbons (Fsp3) is 0.0909. The summed E-state index contributed by atoms with van der Waals surface area (Å²) in [4.78, 5) is 28.7. The van der Waals surface area contributed by atoms with Crippen LogP contribution in [0.2, 0.25) is 0 Å². The second-order valence-electron chi connectivity index (χ2n) is 7.23. The van der Waals surface area contributed by atoms with Crippen LogP contribution in [0.3, 0.4) is 0 Å². The second kappa shape index (κ2) is 7.49. The average Bonchev–Trinajstić information content (AvgIpc) is 3.25. The van der Waals surface area contributed by atoms with Crippen LogP contribution in [0.5, 0.6) is 0 Å². The maximum atomic E-state index is 14.7. The molecule has 32 heavy (non-hydrogen) atoms. The predicted octanol–water partition coefficient (Wildman–Crippen LogP) is 4.25. The van der Waals surface area contributed by atoms with E-state index in [9.17, 15) is 18.0 Å². The number of benzene rings is 2. The number of anilines is 1. The van der Waals surface area contributed by atoms with Gasteiger partial charge in [0, 0.05) is 11.8 Å². The van der Waals surface area contributed by atoms with Crippen LogP contribution in [0.15, 0.2) is 59.9 Å². The van der Waals surface area contributed by atoms with E-state index in [1.54, 1.807) is 13.0 Å². The molecule has 160 valence electrons. The summed E-state index contributed by atoms with van der Waals surface area (Å²) in [6, 6.07) is 7.81. The molecule has 0 saturated heterocycles. The zero-order valence-corrected chi connectivity index (χ0v) is 16.6. The van der Waals surface area contributed by atoms with Crippen LogP contribution in [0.4, 0.5) is 19.0 Å². The highest BCUT2D eigenvalue weighted by Gasteiger charge is 2.20. The van der Waals surface area contributed by atoms with Crippen LogP contribution in [-0.2, 0) is 0 Å². The molecule has 0 saturated carbocycles. The van der Waals surface area contributed by atoms with Crippen molar-refractivity contribution in [2.45, 2.75) is 13.0 Å². The quantitative estimate of drug-likeness (QED) is 0.440. The Balaban J connectivity index is 1.73. The minimum atomic E-state index is -0.923. The second-order valence-corrected chi connectivity index (χ2v) is 7.23. The zero-order valence-electron chi connectivity index (χ0n) is 16.6. The Hall–Kier alpha value is -4.21. The van der Waals surface area contributed by atoms with Crippen LogP contribution in [0.1, 0.15) is 18.7 Å². The summed E-state index contributed by atoms with van der Waals surface area (Å²) < 4.78 is 43.2. The Kier molecular flexibility index (Phi) is 4.62. The van der Waals surface area contributed by atoms with Gasteiger partial charge in [-0.05, 0) is 42.6 Å². The van der Waals surface area contributed by atoms with Crippen molar-refractivity contribution in [1.29, 1.82) is 0 Å². The van der Waals surface area contributed by atoms with E-state index in [1.807, 2.05) is 0 Å². The van der Waals surface area contributed by atoms with Crippen LogP contribution >= 0.6 is 0 Å². The van der Waals surface area contributed by atoms with Crippen molar-refractivity contribution in [2.75, 3.05) is 5.32 Å². The van der Waals surface area contributed by atoms with Crippen molar-refractivity contribution in [3.63, 3.8) is 0 Å². The zero-order chi connectivity index (χ0) is 22.4. The number of hydrogen-bond acceptors (Lipinski definition) is 5. The SMILES string of the molecule is C[C@@H](Nc1ncnc2[nH]cnc12)c1cc2ccc(F)cc2c(=O)n1-c1ccc(F)cc1F. The summed E-state index contributed by atoms with van der Waals surface area (Å²) in [6.45, 7) is 1.75. The first-order valence-electron chi connectivity index (χ1n) is 9.63. The third-order valence-corrected chi connectivity index (χ3v) is 5.18. The molecule has 0 bridgehead atoms. The molecule has 7 nitrogen and oxygen atoms in total. The summed E-state index contributed by atoms with van der Waals surface area (Å²) in [5.74, 6) is -1.89. The molecule has 2 aromatic carbocycles. The van der Waals surface area contributed by atoms with Gasteiger partial charge < -0.3 is 10.3 Å². The number of halogens is 3. The highest BCUT2D eigenvalue weighted by Crippen LogP contribution is 2.27. The smallest absolute Gasteiger partial charge is 0.263 e. The van der Waals surface area contributed by atoms with E-state index in [1.165, 1.54) is 30.9 Å². The minimum Gasteiger partial charge on any atom is -0.360 e. The molecule has 0 amide bonds. The number of hydrogen-bond donors (Lipinski definition) is 2. The molecule has 10 heteroatoms. The third kappa shape index (κ3) is 3.25. The Morgan fingerprint density at radius 3 is 2.59 bits per heavy atom. The average molecular weight is 436 g/mol. The van der Waals surface area contributed by atoms with Gasteiger partial charge in [-0.1, -0.05) is 6.07 Å². The standard InChI is InChI=1S/C22H15F3N6O/c1-11(30-21-19-20(27-9-26-19)28-10-29-21)18-6-12-2-3-13(23)7-15(12)22(32)31(18)17-5-4-14(24)8-16(17)25/h2-11H,1H3,(H2,26,27,28,29,30)/t11-/m1/s1. The Labute approximate surface area is 178 Å². The molecular weight excluding hydrogens is 421 g/mol. The van der Waals surface area contributed by atoms with Crippen LogP contribution in [0.25, 0.3) is 27.6 Å². The summed E-state index contributed by atoms with van der Waals surface area (Å²) in [6.07, 6.45) is 2.83. The van der Waals surface area contributed by atoms with Crippen molar-refractivity contribution in [3.05, 3.63) is 88.6 Å². The van der Waals surface area contributed by atoms with E-state index in [0.717, 1.165) is 16.7 Å². The lowest BCUT2D eigenvalue weighted by atomic mass is 10.1. The molecule has 1 atom stereocenters. The fourth-order valence-electron chi connectivity index (χ4n) is 3.68. The Bertz CT molecular complexity index is 1540. The number of aromatic amines is 1. The number of pyridine rings is 1. The molecule has 2 N–H and O–H groups in total. The monoisotopic (exact) mass is 436 g/mol. The van der Waals surface area contributed by atoms with Gasteiger partial charge in [-0.2, -0.15) is 0 Å². The van der Waals surface area contributed by atoms with Gasteiger partial charge in [0.2, 0.25) is 0 Å². The number of nitrogens with zero attached hydrogens (tertiary/aromatic N) is 4. The molecule has 0 spiro atoms. The maximum absolute atomic E-state index is 14.7. The first-order valence-corrected chi connectivity index (χ1v) is 9.63. The van der Waals surface area contributed by atoms with Crippen molar-refractivity contribution < 1.29 is 13.2 Å². The molecule has 0 unspecified atom stereocenters. The number of rotatable bonds is 4. The van der Waals surface area contributed by atoms with Gasteiger partial charge in [-0.15, -0.1) is 0 Å². The van der Waals surface area contributed by atoms with Gasteiger partial charge in [0.25, 0.3) is 5.56 Å². The number of fused-ring (bicyclic) bond motifs is 2. The molecule has 0 aliphatic heterocycles. The Morgan fingerprint density at radius 2 is 1.78 bits per heavy atom. The minimum absolute atomic E-state index is 0.0707. The van der Waals surface area contributed by atoms with E-state index in [2.05, 4.69) is 25.3 Å². The summed E-state index contributed by atoms with van der Waals surface area (Å²) >= 11 is 0. The van der Waals surface area contributed by atoms with Crippen LogP contribution < -0.4 is 10.9 Å². The van der Waals surface area contributed by atoms with Crippen molar-refractivity contribution in [3.8, 4) is 5.69 Å². The van der Waals surface area contributed by atoms with Gasteiger partial charge in [-0.25, -0.2) is 28.1 Å². The molecule has 0 aliphatic carbocycles. The highest BCUT2D eigenvalue weighted by molar-refractivity contribution is 5.84. The van der Waals surface area contributed by atoms with Crippen LogP contribution in [0, 0.1) is 17.5 Å². The van der Waals surface area contributed by atoms with Gasteiger partial charge in [0.1, 0.15) is 29.3 Å². The van der Waals surface area contributed by atoms with Gasteiger partial charge in [0.05, 0.1) is 23.4 Å². The highest BCUT2D eigenvalue weighted by atomic mass is 19.1. The predicted molar refractivity (Wildman–Crippen MR) is 113 cm³/mol. The molecular formula is C22H15F3N6O. The van der Waals surface area contributed by atoms with Gasteiger partial charge in [0.15, 0.2) is 11.5 Å². The molecule has 0 aliphatic rings. The fourth-order valence-corrected chi connectivity index (χ4v) is 3.68. The lowest BCUT2D eigenvalue weighted by Gasteiger charge is -2.21. The third-order valence-electron chi connectivity index (χ3n) is 5.18.